The van der Waals surface area contributed by atoms with Crippen LogP contribution in [-0.2, 0) is 28.6 Å². The summed E-state index contributed by atoms with van der Waals surface area (Å²) < 4.78 is 16.8. The van der Waals surface area contributed by atoms with Crippen molar-refractivity contribution in [3.8, 4) is 0 Å². The third kappa shape index (κ3) is 61.3. The first kappa shape index (κ1) is 72.4. The molecular weight excluding hydrogens is 913 g/mol. The van der Waals surface area contributed by atoms with Crippen LogP contribution in [0.2, 0.25) is 0 Å². The molecule has 440 valence electrons. The van der Waals surface area contributed by atoms with E-state index in [0.717, 1.165) is 57.8 Å². The molecule has 0 N–H and O–H groups in total. The van der Waals surface area contributed by atoms with Crippen LogP contribution in [0.25, 0.3) is 0 Å². The molecule has 0 radical (unpaired) electrons. The zero-order valence-corrected chi connectivity index (χ0v) is 50.7. The zero-order chi connectivity index (χ0) is 53.6. The van der Waals surface area contributed by atoms with Crippen LogP contribution >= 0.6 is 0 Å². The normalized spacial score (nSPS) is 11.9. The molecule has 0 fully saturated rings. The van der Waals surface area contributed by atoms with Crippen LogP contribution in [0.5, 0.6) is 0 Å². The van der Waals surface area contributed by atoms with Crippen molar-refractivity contribution in [3.05, 3.63) is 0 Å². The van der Waals surface area contributed by atoms with E-state index in [1.165, 1.54) is 302 Å². The Bertz CT molecular complexity index is 1110. The van der Waals surface area contributed by atoms with Gasteiger partial charge in [0.15, 0.2) is 6.10 Å². The smallest absolute Gasteiger partial charge is 0.306 e. The van der Waals surface area contributed by atoms with Crippen molar-refractivity contribution >= 4 is 17.9 Å². The summed E-state index contributed by atoms with van der Waals surface area (Å²) >= 11 is 0. The molecule has 0 bridgehead atoms. The molecule has 1 unspecified atom stereocenters. The number of hydrogen-bond donors (Lipinski definition) is 0. The molecule has 0 aromatic heterocycles. The van der Waals surface area contributed by atoms with E-state index in [2.05, 4.69) is 20.8 Å². The lowest BCUT2D eigenvalue weighted by atomic mass is 10.0. The van der Waals surface area contributed by atoms with Crippen molar-refractivity contribution in [3.63, 3.8) is 0 Å². The Balaban J connectivity index is 3.93. The molecule has 0 aliphatic rings. The minimum absolute atomic E-state index is 0.0618. The fourth-order valence-corrected chi connectivity index (χ4v) is 10.7. The summed E-state index contributed by atoms with van der Waals surface area (Å²) in [5.74, 6) is -0.839. The van der Waals surface area contributed by atoms with Crippen LogP contribution in [0, 0.1) is 0 Å². The van der Waals surface area contributed by atoms with Gasteiger partial charge in [-0.1, -0.05) is 361 Å². The lowest BCUT2D eigenvalue weighted by Crippen LogP contribution is -2.30. The van der Waals surface area contributed by atoms with Gasteiger partial charge in [0, 0.05) is 19.3 Å². The molecule has 0 aromatic rings. The van der Waals surface area contributed by atoms with E-state index in [4.69, 9.17) is 14.2 Å². The highest BCUT2D eigenvalue weighted by Gasteiger charge is 2.19. The first-order valence-electron chi connectivity index (χ1n) is 34.0. The lowest BCUT2D eigenvalue weighted by Gasteiger charge is -2.18. The van der Waals surface area contributed by atoms with Gasteiger partial charge in [-0.25, -0.2) is 0 Å². The first-order valence-corrected chi connectivity index (χ1v) is 34.0. The van der Waals surface area contributed by atoms with Crippen LogP contribution in [0.1, 0.15) is 400 Å². The summed E-state index contributed by atoms with van der Waals surface area (Å²) in [6.07, 6.45) is 74.6. The van der Waals surface area contributed by atoms with E-state index in [1.54, 1.807) is 0 Å². The van der Waals surface area contributed by atoms with Crippen molar-refractivity contribution in [2.45, 2.75) is 406 Å². The minimum Gasteiger partial charge on any atom is -0.462 e. The SMILES string of the molecule is CCCCCCCCCCCCCCCCCCCCCCCCCCCCCCCCC(=O)OCC(COC(=O)CCCCCCCC)OC(=O)CCCCCCCCCCCCCCCCCCCCCC. The van der Waals surface area contributed by atoms with Gasteiger partial charge in [0.2, 0.25) is 0 Å². The Morgan fingerprint density at radius 1 is 0.216 bits per heavy atom. The standard InChI is InChI=1S/C68H132O6/c1-4-7-10-13-16-18-20-22-24-26-28-30-31-32-33-34-35-36-37-38-39-41-42-44-46-48-50-52-55-58-61-67(70)73-64-65(63-72-66(69)60-57-54-15-12-9-6-3)74-68(71)62-59-56-53-51-49-47-45-43-40-29-27-25-23-21-19-17-14-11-8-5-2/h65H,4-64H2,1-3H3. The van der Waals surface area contributed by atoms with Gasteiger partial charge in [0.25, 0.3) is 0 Å². The average molecular weight is 1050 g/mol. The highest BCUT2D eigenvalue weighted by molar-refractivity contribution is 5.71. The van der Waals surface area contributed by atoms with E-state index in [-0.39, 0.29) is 31.1 Å². The zero-order valence-electron chi connectivity index (χ0n) is 50.7. The molecule has 6 nitrogen and oxygen atoms in total. The molecule has 0 saturated carbocycles. The van der Waals surface area contributed by atoms with Crippen molar-refractivity contribution in [2.75, 3.05) is 13.2 Å². The molecule has 0 rings (SSSR count). The molecule has 1 atom stereocenters. The second-order valence-electron chi connectivity index (χ2n) is 23.5. The first-order chi connectivity index (χ1) is 36.5. The number of carbonyl (C=O) groups excluding carboxylic acids is 3. The third-order valence-electron chi connectivity index (χ3n) is 15.9. The Labute approximate surface area is 463 Å². The number of ether oxygens (including phenoxy) is 3. The van der Waals surface area contributed by atoms with E-state index >= 15 is 0 Å². The highest BCUT2D eigenvalue weighted by atomic mass is 16.6. The van der Waals surface area contributed by atoms with Crippen molar-refractivity contribution in [1.29, 1.82) is 0 Å². The van der Waals surface area contributed by atoms with Gasteiger partial charge in [0.05, 0.1) is 0 Å². The molecule has 0 heterocycles. The maximum atomic E-state index is 12.8. The summed E-state index contributed by atoms with van der Waals surface area (Å²) in [6.45, 7) is 6.67. The summed E-state index contributed by atoms with van der Waals surface area (Å²) in [7, 11) is 0. The quantitative estimate of drug-likeness (QED) is 0.0343. The Morgan fingerprint density at radius 2 is 0.365 bits per heavy atom. The van der Waals surface area contributed by atoms with Crippen LogP contribution in [-0.4, -0.2) is 37.2 Å². The van der Waals surface area contributed by atoms with Gasteiger partial charge in [-0.15, -0.1) is 0 Å². The van der Waals surface area contributed by atoms with Crippen molar-refractivity contribution < 1.29 is 28.6 Å². The van der Waals surface area contributed by atoms with Gasteiger partial charge >= 0.3 is 17.9 Å². The number of esters is 3. The molecule has 0 aliphatic heterocycles. The molecule has 0 saturated heterocycles. The fourth-order valence-electron chi connectivity index (χ4n) is 10.7. The van der Waals surface area contributed by atoms with Crippen molar-refractivity contribution in [2.24, 2.45) is 0 Å². The molecular formula is C68H132O6. The van der Waals surface area contributed by atoms with Crippen molar-refractivity contribution in [1.82, 2.24) is 0 Å². The molecule has 0 aliphatic carbocycles. The largest absolute Gasteiger partial charge is 0.462 e. The topological polar surface area (TPSA) is 78.9 Å². The molecule has 0 amide bonds. The number of unbranched alkanes of at least 4 members (excludes halogenated alkanes) is 53. The Hall–Kier alpha value is -1.59. The average Bonchev–Trinajstić information content (AvgIpc) is 3.40. The van der Waals surface area contributed by atoms with Gasteiger partial charge < -0.3 is 14.2 Å². The van der Waals surface area contributed by atoms with Gasteiger partial charge in [-0.2, -0.15) is 0 Å². The van der Waals surface area contributed by atoms with E-state index < -0.39 is 6.10 Å². The number of carbonyl (C=O) groups is 3. The minimum atomic E-state index is -0.761. The molecule has 0 spiro atoms. The summed E-state index contributed by atoms with van der Waals surface area (Å²) in [5.41, 5.74) is 0. The predicted octanol–water partition coefficient (Wildman–Crippen LogP) is 23.1. The second kappa shape index (κ2) is 63.9. The summed E-state index contributed by atoms with van der Waals surface area (Å²) in [4.78, 5) is 38.0. The van der Waals surface area contributed by atoms with E-state index in [0.29, 0.717) is 19.3 Å². The van der Waals surface area contributed by atoms with E-state index in [9.17, 15) is 14.4 Å². The highest BCUT2D eigenvalue weighted by Crippen LogP contribution is 2.19. The van der Waals surface area contributed by atoms with Gasteiger partial charge in [-0.3, -0.25) is 14.4 Å². The Kier molecular flexibility index (Phi) is 62.6. The van der Waals surface area contributed by atoms with Crippen LogP contribution in [0.4, 0.5) is 0 Å². The fraction of sp³-hybridized carbons (Fsp3) is 0.956. The third-order valence-corrected chi connectivity index (χ3v) is 15.9. The molecule has 6 heteroatoms. The second-order valence-corrected chi connectivity index (χ2v) is 23.5. The maximum absolute atomic E-state index is 12.8. The maximum Gasteiger partial charge on any atom is 0.306 e. The van der Waals surface area contributed by atoms with Gasteiger partial charge in [-0.05, 0) is 19.3 Å². The van der Waals surface area contributed by atoms with Crippen LogP contribution in [0.15, 0.2) is 0 Å². The van der Waals surface area contributed by atoms with Crippen LogP contribution < -0.4 is 0 Å². The molecule has 0 aromatic carbocycles. The Morgan fingerprint density at radius 3 is 0.541 bits per heavy atom. The number of rotatable bonds is 64. The molecule has 74 heavy (non-hydrogen) atoms. The summed E-state index contributed by atoms with van der Waals surface area (Å²) in [5, 5.41) is 0. The van der Waals surface area contributed by atoms with Gasteiger partial charge in [0.1, 0.15) is 13.2 Å². The summed E-state index contributed by atoms with van der Waals surface area (Å²) in [6, 6.07) is 0. The number of hydrogen-bond acceptors (Lipinski definition) is 6. The van der Waals surface area contributed by atoms with Crippen LogP contribution in [0.3, 0.4) is 0 Å². The predicted molar refractivity (Wildman–Crippen MR) is 321 cm³/mol. The lowest BCUT2D eigenvalue weighted by molar-refractivity contribution is -0.167. The van der Waals surface area contributed by atoms with E-state index in [1.807, 2.05) is 0 Å². The monoisotopic (exact) mass is 1050 g/mol.